The number of amides is 1. The minimum Gasteiger partial charge on any atom is -0.387 e. The highest BCUT2D eigenvalue weighted by molar-refractivity contribution is 6.29. The van der Waals surface area contributed by atoms with Crippen molar-refractivity contribution in [3.8, 4) is 0 Å². The number of nitrogens with zero attached hydrogens (tertiary/aromatic N) is 1. The molecule has 0 aliphatic rings. The number of aliphatic hydroxyl groups excluding tert-OH is 1. The summed E-state index contributed by atoms with van der Waals surface area (Å²) < 4.78 is 17.6. The summed E-state index contributed by atoms with van der Waals surface area (Å²) in [6.45, 7) is 1.81. The Labute approximate surface area is 132 Å². The molecule has 7 heteroatoms. The van der Waals surface area contributed by atoms with Gasteiger partial charge in [0.1, 0.15) is 5.82 Å². The van der Waals surface area contributed by atoms with Crippen LogP contribution in [0.4, 0.5) is 4.39 Å². The van der Waals surface area contributed by atoms with Gasteiger partial charge in [-0.15, -0.1) is 0 Å². The Bertz CT molecular complexity index is 623. The van der Waals surface area contributed by atoms with Crippen LogP contribution in [0, 0.1) is 12.7 Å². The summed E-state index contributed by atoms with van der Waals surface area (Å²) in [7, 11) is 0. The Morgan fingerprint density at radius 3 is 2.73 bits per heavy atom. The van der Waals surface area contributed by atoms with Crippen molar-refractivity contribution in [2.75, 3.05) is 6.54 Å². The summed E-state index contributed by atoms with van der Waals surface area (Å²) in [5.74, 6) is -0.598. The molecule has 0 aliphatic heterocycles. The molecule has 0 saturated carbocycles. The van der Waals surface area contributed by atoms with E-state index in [1.165, 1.54) is 24.3 Å². The van der Waals surface area contributed by atoms with Crippen LogP contribution in [0.5, 0.6) is 0 Å². The Morgan fingerprint density at radius 2 is 2.14 bits per heavy atom. The van der Waals surface area contributed by atoms with Crippen LogP contribution in [0.3, 0.4) is 0 Å². The molecular weight excluding hydrogens is 311 g/mol. The maximum Gasteiger partial charge on any atom is 0.229 e. The number of aliphatic hydroxyl groups is 1. The van der Waals surface area contributed by atoms with E-state index in [-0.39, 0.29) is 29.9 Å². The lowest BCUT2D eigenvalue weighted by Crippen LogP contribution is -2.28. The first-order valence-corrected chi connectivity index (χ1v) is 7.16. The van der Waals surface area contributed by atoms with Gasteiger partial charge in [-0.1, -0.05) is 17.3 Å². The number of rotatable bonds is 6. The molecular formula is C15H16ClFN2O3. The van der Waals surface area contributed by atoms with Crippen molar-refractivity contribution in [2.24, 2.45) is 0 Å². The Hall–Kier alpha value is -1.92. The van der Waals surface area contributed by atoms with Gasteiger partial charge in [-0.05, 0) is 42.6 Å². The summed E-state index contributed by atoms with van der Waals surface area (Å²) in [6.07, 6.45) is -0.268. The minimum atomic E-state index is -0.884. The molecule has 118 valence electrons. The maximum atomic E-state index is 12.8. The molecule has 1 atom stereocenters. The SMILES string of the molecule is Cc1noc(Cl)c1CCC(=O)NCC(O)c1ccc(F)cc1. The molecule has 0 fully saturated rings. The number of nitrogens with one attached hydrogen (secondary N) is 1. The number of carbonyl (C=O) groups is 1. The molecule has 1 aromatic heterocycles. The first-order chi connectivity index (χ1) is 10.5. The Morgan fingerprint density at radius 1 is 1.45 bits per heavy atom. The molecule has 0 bridgehead atoms. The normalized spacial score (nSPS) is 12.2. The van der Waals surface area contributed by atoms with Gasteiger partial charge >= 0.3 is 0 Å². The second-order valence-electron chi connectivity index (χ2n) is 4.89. The first kappa shape index (κ1) is 16.5. The number of halogens is 2. The third-order valence-corrected chi connectivity index (χ3v) is 3.58. The Balaban J connectivity index is 1.79. The standard InChI is InChI=1S/C15H16ClFN2O3/c1-9-12(15(16)22-19-9)6-7-14(21)18-8-13(20)10-2-4-11(17)5-3-10/h2-5,13,20H,6-8H2,1H3,(H,18,21). The van der Waals surface area contributed by atoms with Crippen LogP contribution in [0.15, 0.2) is 28.8 Å². The highest BCUT2D eigenvalue weighted by atomic mass is 35.5. The van der Waals surface area contributed by atoms with Gasteiger partial charge in [-0.3, -0.25) is 4.79 Å². The molecule has 1 amide bonds. The fraction of sp³-hybridized carbons (Fsp3) is 0.333. The van der Waals surface area contributed by atoms with E-state index in [0.29, 0.717) is 23.2 Å². The third kappa shape index (κ3) is 4.29. The van der Waals surface area contributed by atoms with Crippen molar-refractivity contribution < 1.29 is 18.8 Å². The fourth-order valence-electron chi connectivity index (χ4n) is 1.98. The second-order valence-corrected chi connectivity index (χ2v) is 5.23. The number of benzene rings is 1. The van der Waals surface area contributed by atoms with Gasteiger partial charge in [0.05, 0.1) is 11.8 Å². The first-order valence-electron chi connectivity index (χ1n) is 6.78. The van der Waals surface area contributed by atoms with Gasteiger partial charge < -0.3 is 14.9 Å². The van der Waals surface area contributed by atoms with Gasteiger partial charge in [0.15, 0.2) is 0 Å². The van der Waals surface area contributed by atoms with Gasteiger partial charge in [-0.2, -0.15) is 0 Å². The molecule has 0 aliphatic carbocycles. The van der Waals surface area contributed by atoms with Crippen molar-refractivity contribution in [3.05, 3.63) is 52.1 Å². The van der Waals surface area contributed by atoms with Crippen LogP contribution >= 0.6 is 11.6 Å². The zero-order valence-corrected chi connectivity index (χ0v) is 12.7. The van der Waals surface area contributed by atoms with Gasteiger partial charge in [0, 0.05) is 18.5 Å². The molecule has 0 spiro atoms. The lowest BCUT2D eigenvalue weighted by atomic mass is 10.1. The quantitative estimate of drug-likeness (QED) is 0.855. The molecule has 2 N–H and O–H groups in total. The predicted octanol–water partition coefficient (Wildman–Crippen LogP) is 2.56. The van der Waals surface area contributed by atoms with Gasteiger partial charge in [-0.25, -0.2) is 4.39 Å². The smallest absolute Gasteiger partial charge is 0.229 e. The number of hydrogen-bond donors (Lipinski definition) is 2. The van der Waals surface area contributed by atoms with E-state index < -0.39 is 6.10 Å². The lowest BCUT2D eigenvalue weighted by Gasteiger charge is -2.12. The van der Waals surface area contributed by atoms with E-state index >= 15 is 0 Å². The van der Waals surface area contributed by atoms with Crippen LogP contribution in [-0.4, -0.2) is 22.7 Å². The number of aromatic nitrogens is 1. The molecule has 22 heavy (non-hydrogen) atoms. The van der Waals surface area contributed by atoms with Crippen molar-refractivity contribution >= 4 is 17.5 Å². The number of carbonyl (C=O) groups excluding carboxylic acids is 1. The molecule has 1 unspecified atom stereocenters. The molecule has 2 rings (SSSR count). The molecule has 1 heterocycles. The summed E-state index contributed by atoms with van der Waals surface area (Å²) in [5, 5.41) is 16.4. The lowest BCUT2D eigenvalue weighted by molar-refractivity contribution is -0.121. The second kappa shape index (κ2) is 7.38. The van der Waals surface area contributed by atoms with Gasteiger partial charge in [0.2, 0.25) is 11.1 Å². The van der Waals surface area contributed by atoms with E-state index in [4.69, 9.17) is 16.1 Å². The van der Waals surface area contributed by atoms with Crippen LogP contribution in [0.1, 0.15) is 29.3 Å². The average molecular weight is 327 g/mol. The van der Waals surface area contributed by atoms with Crippen molar-refractivity contribution in [2.45, 2.75) is 25.9 Å². The van der Waals surface area contributed by atoms with Crippen molar-refractivity contribution in [3.63, 3.8) is 0 Å². The van der Waals surface area contributed by atoms with Gasteiger partial charge in [0.25, 0.3) is 0 Å². The highest BCUT2D eigenvalue weighted by Crippen LogP contribution is 2.20. The molecule has 1 aromatic carbocycles. The van der Waals surface area contributed by atoms with Crippen LogP contribution in [0.2, 0.25) is 5.22 Å². The Kier molecular flexibility index (Phi) is 5.51. The topological polar surface area (TPSA) is 75.4 Å². The summed E-state index contributed by atoms with van der Waals surface area (Å²) in [4.78, 5) is 11.8. The minimum absolute atomic E-state index is 0.0564. The summed E-state index contributed by atoms with van der Waals surface area (Å²) in [6, 6.07) is 5.48. The molecule has 5 nitrogen and oxygen atoms in total. The van der Waals surface area contributed by atoms with Crippen LogP contribution < -0.4 is 5.32 Å². The maximum absolute atomic E-state index is 12.8. The highest BCUT2D eigenvalue weighted by Gasteiger charge is 2.14. The zero-order chi connectivity index (χ0) is 16.1. The van der Waals surface area contributed by atoms with E-state index in [1.54, 1.807) is 6.92 Å². The number of aryl methyl sites for hydroxylation is 1. The van der Waals surface area contributed by atoms with E-state index in [2.05, 4.69) is 10.5 Å². The molecule has 0 saturated heterocycles. The zero-order valence-electron chi connectivity index (χ0n) is 12.0. The predicted molar refractivity (Wildman–Crippen MR) is 78.9 cm³/mol. The molecule has 2 aromatic rings. The van der Waals surface area contributed by atoms with E-state index in [0.717, 1.165) is 0 Å². The average Bonchev–Trinajstić information content (AvgIpc) is 2.82. The fourth-order valence-corrected chi connectivity index (χ4v) is 2.25. The van der Waals surface area contributed by atoms with Crippen LogP contribution in [0.25, 0.3) is 0 Å². The largest absolute Gasteiger partial charge is 0.387 e. The summed E-state index contributed by atoms with van der Waals surface area (Å²) >= 11 is 5.82. The van der Waals surface area contributed by atoms with E-state index in [9.17, 15) is 14.3 Å². The van der Waals surface area contributed by atoms with Crippen molar-refractivity contribution in [1.82, 2.24) is 10.5 Å². The number of hydrogen-bond acceptors (Lipinski definition) is 4. The molecule has 0 radical (unpaired) electrons. The monoisotopic (exact) mass is 326 g/mol. The van der Waals surface area contributed by atoms with Crippen LogP contribution in [-0.2, 0) is 11.2 Å². The third-order valence-electron chi connectivity index (χ3n) is 3.29. The summed E-state index contributed by atoms with van der Waals surface area (Å²) in [5.41, 5.74) is 1.90. The van der Waals surface area contributed by atoms with Crippen molar-refractivity contribution in [1.29, 1.82) is 0 Å². The van der Waals surface area contributed by atoms with E-state index in [1.807, 2.05) is 0 Å².